The molecule has 3 aromatic rings. The van der Waals surface area contributed by atoms with Gasteiger partial charge in [-0.3, -0.25) is 9.78 Å². The number of anilines is 2. The Balaban J connectivity index is 1.82. The van der Waals surface area contributed by atoms with Crippen LogP contribution in [0.25, 0.3) is 0 Å². The molecule has 8 nitrogen and oxygen atoms in total. The Morgan fingerprint density at radius 2 is 2.00 bits per heavy atom. The van der Waals surface area contributed by atoms with Crippen molar-refractivity contribution >= 4 is 34.6 Å². The molecule has 1 fully saturated rings. The number of amides is 1. The van der Waals surface area contributed by atoms with Crippen LogP contribution in [0.15, 0.2) is 48.7 Å². The standard InChI is InChI=1S/C27H33N5O3S/c1-6-24(33)29-21-11-10-19(16-23(21)35-5)32-26(20-15-17(2)31(18(20)3)13-14-34-4)25(30-27(32)36)22-9-7-8-12-28-22/h7-12,15-16,25-26H,6,13-14H2,1-5H3,(H,29,33)(H,30,36). The van der Waals surface area contributed by atoms with Gasteiger partial charge in [-0.2, -0.15) is 0 Å². The molecule has 36 heavy (non-hydrogen) atoms. The van der Waals surface area contributed by atoms with E-state index < -0.39 is 0 Å². The second-order valence-electron chi connectivity index (χ2n) is 8.75. The first-order valence-corrected chi connectivity index (χ1v) is 12.4. The van der Waals surface area contributed by atoms with E-state index in [1.165, 1.54) is 0 Å². The number of aromatic nitrogens is 2. The second kappa shape index (κ2) is 11.1. The van der Waals surface area contributed by atoms with Crippen molar-refractivity contribution in [3.63, 3.8) is 0 Å². The molecule has 1 aliphatic rings. The molecule has 9 heteroatoms. The SMILES string of the molecule is CCC(=O)Nc1ccc(N2C(=S)NC(c3ccccn3)C2c2cc(C)n(CCOC)c2C)cc1OC. The van der Waals surface area contributed by atoms with Gasteiger partial charge in [0.2, 0.25) is 5.91 Å². The lowest BCUT2D eigenvalue weighted by atomic mass is 9.96. The number of carbonyl (C=O) groups excluding carboxylic acids is 1. The number of hydrogen-bond donors (Lipinski definition) is 2. The molecular weight excluding hydrogens is 474 g/mol. The fraction of sp³-hybridized carbons (Fsp3) is 0.370. The zero-order valence-corrected chi connectivity index (χ0v) is 22.2. The molecule has 1 aromatic carbocycles. The fourth-order valence-electron chi connectivity index (χ4n) is 4.77. The quantitative estimate of drug-likeness (QED) is 0.407. The number of hydrogen-bond acceptors (Lipinski definition) is 5. The van der Waals surface area contributed by atoms with Gasteiger partial charge in [-0.05, 0) is 62.0 Å². The summed E-state index contributed by atoms with van der Waals surface area (Å²) in [6.45, 7) is 7.47. The molecule has 1 aliphatic heterocycles. The molecule has 0 spiro atoms. The number of benzene rings is 1. The lowest BCUT2D eigenvalue weighted by Crippen LogP contribution is -2.29. The minimum Gasteiger partial charge on any atom is -0.494 e. The van der Waals surface area contributed by atoms with E-state index in [1.807, 2.05) is 43.3 Å². The van der Waals surface area contributed by atoms with E-state index in [0.717, 1.165) is 34.9 Å². The predicted octanol–water partition coefficient (Wildman–Crippen LogP) is 4.68. The Bertz CT molecular complexity index is 1240. The van der Waals surface area contributed by atoms with Crippen molar-refractivity contribution in [3.8, 4) is 5.75 Å². The van der Waals surface area contributed by atoms with Gasteiger partial charge in [0.15, 0.2) is 5.11 Å². The number of nitrogens with zero attached hydrogens (tertiary/aromatic N) is 3. The Hall–Kier alpha value is -3.43. The van der Waals surface area contributed by atoms with Crippen molar-refractivity contribution < 1.29 is 14.3 Å². The number of nitrogens with one attached hydrogen (secondary N) is 2. The third kappa shape index (κ3) is 4.94. The van der Waals surface area contributed by atoms with Gasteiger partial charge in [0, 0.05) is 49.4 Å². The Morgan fingerprint density at radius 1 is 1.19 bits per heavy atom. The molecule has 0 radical (unpaired) electrons. The zero-order chi connectivity index (χ0) is 25.8. The van der Waals surface area contributed by atoms with Gasteiger partial charge in [-0.15, -0.1) is 0 Å². The van der Waals surface area contributed by atoms with Crippen LogP contribution in [-0.4, -0.2) is 41.4 Å². The van der Waals surface area contributed by atoms with E-state index in [-0.39, 0.29) is 18.0 Å². The molecule has 2 aromatic heterocycles. The topological polar surface area (TPSA) is 80.7 Å². The number of methoxy groups -OCH3 is 2. The molecule has 0 saturated carbocycles. The van der Waals surface area contributed by atoms with Crippen molar-refractivity contribution in [1.82, 2.24) is 14.9 Å². The molecule has 1 saturated heterocycles. The Morgan fingerprint density at radius 3 is 2.67 bits per heavy atom. The highest BCUT2D eigenvalue weighted by Gasteiger charge is 2.42. The number of rotatable bonds is 9. The average Bonchev–Trinajstić information content (AvgIpc) is 3.38. The smallest absolute Gasteiger partial charge is 0.224 e. The van der Waals surface area contributed by atoms with Crippen LogP contribution in [0.2, 0.25) is 0 Å². The first-order valence-electron chi connectivity index (χ1n) is 12.0. The Kier molecular flexibility index (Phi) is 7.91. The van der Waals surface area contributed by atoms with Crippen molar-refractivity contribution in [2.24, 2.45) is 0 Å². The van der Waals surface area contributed by atoms with Gasteiger partial charge in [-0.25, -0.2) is 0 Å². The predicted molar refractivity (Wildman–Crippen MR) is 146 cm³/mol. The van der Waals surface area contributed by atoms with Crippen LogP contribution in [0.3, 0.4) is 0 Å². The van der Waals surface area contributed by atoms with E-state index in [0.29, 0.717) is 29.6 Å². The Labute approximate surface area is 217 Å². The highest BCUT2D eigenvalue weighted by atomic mass is 32.1. The first kappa shape index (κ1) is 25.7. The molecule has 0 aliphatic carbocycles. The van der Waals surface area contributed by atoms with Crippen molar-refractivity contribution in [3.05, 3.63) is 71.3 Å². The maximum absolute atomic E-state index is 12.0. The van der Waals surface area contributed by atoms with Gasteiger partial charge >= 0.3 is 0 Å². The maximum atomic E-state index is 12.0. The minimum absolute atomic E-state index is 0.0731. The van der Waals surface area contributed by atoms with Crippen LogP contribution in [0.1, 0.15) is 48.1 Å². The largest absolute Gasteiger partial charge is 0.494 e. The number of carbonyl (C=O) groups is 1. The van der Waals surface area contributed by atoms with Crippen LogP contribution >= 0.6 is 12.2 Å². The van der Waals surface area contributed by atoms with E-state index in [4.69, 9.17) is 21.7 Å². The van der Waals surface area contributed by atoms with Gasteiger partial charge in [0.1, 0.15) is 5.75 Å². The molecule has 4 rings (SSSR count). The van der Waals surface area contributed by atoms with Gasteiger partial charge in [0.25, 0.3) is 0 Å². The summed E-state index contributed by atoms with van der Waals surface area (Å²) in [7, 11) is 3.31. The van der Waals surface area contributed by atoms with Crippen LogP contribution < -0.4 is 20.3 Å². The van der Waals surface area contributed by atoms with E-state index in [9.17, 15) is 4.79 Å². The summed E-state index contributed by atoms with van der Waals surface area (Å²) in [4.78, 5) is 18.8. The highest BCUT2D eigenvalue weighted by Crippen LogP contribution is 2.44. The molecule has 1 amide bonds. The number of ether oxygens (including phenoxy) is 2. The number of thiocarbonyl (C=S) groups is 1. The third-order valence-electron chi connectivity index (χ3n) is 6.61. The molecule has 2 atom stereocenters. The van der Waals surface area contributed by atoms with Gasteiger partial charge in [0.05, 0.1) is 37.2 Å². The molecule has 2 unspecified atom stereocenters. The van der Waals surface area contributed by atoms with Crippen LogP contribution in [0, 0.1) is 13.8 Å². The summed E-state index contributed by atoms with van der Waals surface area (Å²) in [5.41, 5.74) is 5.88. The third-order valence-corrected chi connectivity index (χ3v) is 6.92. The number of pyridine rings is 1. The van der Waals surface area contributed by atoms with Crippen molar-refractivity contribution in [1.29, 1.82) is 0 Å². The normalized spacial score (nSPS) is 17.2. The summed E-state index contributed by atoms with van der Waals surface area (Å²) in [6.07, 6.45) is 2.19. The van der Waals surface area contributed by atoms with Crippen LogP contribution in [0.4, 0.5) is 11.4 Å². The molecule has 0 bridgehead atoms. The molecule has 2 N–H and O–H groups in total. The number of aryl methyl sites for hydroxylation is 1. The zero-order valence-electron chi connectivity index (χ0n) is 21.4. The van der Waals surface area contributed by atoms with Crippen LogP contribution in [-0.2, 0) is 16.1 Å². The molecule has 190 valence electrons. The highest BCUT2D eigenvalue weighted by molar-refractivity contribution is 7.80. The van der Waals surface area contributed by atoms with E-state index >= 15 is 0 Å². The second-order valence-corrected chi connectivity index (χ2v) is 9.14. The first-order chi connectivity index (χ1) is 17.4. The van der Waals surface area contributed by atoms with E-state index in [2.05, 4.69) is 45.0 Å². The minimum atomic E-state index is -0.152. The van der Waals surface area contributed by atoms with Crippen molar-refractivity contribution in [2.75, 3.05) is 31.0 Å². The summed E-state index contributed by atoms with van der Waals surface area (Å²) < 4.78 is 13.3. The summed E-state index contributed by atoms with van der Waals surface area (Å²) in [6, 6.07) is 13.6. The fourth-order valence-corrected chi connectivity index (χ4v) is 5.12. The lowest BCUT2D eigenvalue weighted by molar-refractivity contribution is -0.115. The lowest BCUT2D eigenvalue weighted by Gasteiger charge is -2.29. The van der Waals surface area contributed by atoms with Gasteiger partial charge in [-0.1, -0.05) is 13.0 Å². The molecule has 3 heterocycles. The summed E-state index contributed by atoms with van der Waals surface area (Å²) in [5, 5.41) is 7.01. The average molecular weight is 508 g/mol. The van der Waals surface area contributed by atoms with Crippen LogP contribution in [0.5, 0.6) is 5.75 Å². The molecular formula is C27H33N5O3S. The maximum Gasteiger partial charge on any atom is 0.224 e. The van der Waals surface area contributed by atoms with E-state index in [1.54, 1.807) is 20.4 Å². The summed E-state index contributed by atoms with van der Waals surface area (Å²) in [5.74, 6) is 0.499. The van der Waals surface area contributed by atoms with Gasteiger partial charge < -0.3 is 29.6 Å². The summed E-state index contributed by atoms with van der Waals surface area (Å²) >= 11 is 5.88. The monoisotopic (exact) mass is 507 g/mol. The van der Waals surface area contributed by atoms with Crippen molar-refractivity contribution in [2.45, 2.75) is 45.8 Å².